The Labute approximate surface area is 162 Å². The number of nitrogens with one attached hydrogen (secondary N) is 1. The molecule has 0 fully saturated rings. The van der Waals surface area contributed by atoms with Crippen molar-refractivity contribution in [3.63, 3.8) is 0 Å². The van der Waals surface area contributed by atoms with Crippen LogP contribution in [0.3, 0.4) is 0 Å². The van der Waals surface area contributed by atoms with Gasteiger partial charge in [0.05, 0.1) is 11.9 Å². The predicted molar refractivity (Wildman–Crippen MR) is 109 cm³/mol. The van der Waals surface area contributed by atoms with Gasteiger partial charge in [-0.3, -0.25) is 4.68 Å². The molecule has 0 aliphatic rings. The average Bonchev–Trinajstić information content (AvgIpc) is 3.17. The van der Waals surface area contributed by atoms with Crippen LogP contribution < -0.4 is 5.32 Å². The fourth-order valence-electron chi connectivity index (χ4n) is 2.84. The van der Waals surface area contributed by atoms with Crippen LogP contribution in [-0.4, -0.2) is 39.2 Å². The lowest BCUT2D eigenvalue weighted by Gasteiger charge is -2.22. The number of aromatic nitrogens is 3. The molecule has 0 amide bonds. The summed E-state index contributed by atoms with van der Waals surface area (Å²) in [6, 6.07) is 0. The van der Waals surface area contributed by atoms with Crippen LogP contribution in [0, 0.1) is 0 Å². The zero-order valence-electron chi connectivity index (χ0n) is 18.0. The molecular formula is C20H34N6O. The molecule has 0 bridgehead atoms. The first-order valence-electron chi connectivity index (χ1n) is 9.58. The van der Waals surface area contributed by atoms with Crippen molar-refractivity contribution in [3.8, 4) is 0 Å². The van der Waals surface area contributed by atoms with Crippen LogP contribution >= 0.6 is 0 Å². The minimum Gasteiger partial charge on any atom is -0.443 e. The molecule has 1 N–H and O–H groups in total. The zero-order chi connectivity index (χ0) is 20.2. The maximum absolute atomic E-state index is 5.85. The number of guanidine groups is 1. The van der Waals surface area contributed by atoms with Gasteiger partial charge in [0.2, 0.25) is 5.89 Å². The van der Waals surface area contributed by atoms with Crippen molar-refractivity contribution in [2.75, 3.05) is 13.6 Å². The van der Waals surface area contributed by atoms with E-state index < -0.39 is 0 Å². The molecule has 0 aliphatic heterocycles. The molecule has 27 heavy (non-hydrogen) atoms. The lowest BCUT2D eigenvalue weighted by Crippen LogP contribution is -2.38. The van der Waals surface area contributed by atoms with Gasteiger partial charge in [-0.2, -0.15) is 5.10 Å². The molecule has 150 valence electrons. The highest BCUT2D eigenvalue weighted by atomic mass is 16.4. The summed E-state index contributed by atoms with van der Waals surface area (Å²) in [5.41, 5.74) is 2.29. The van der Waals surface area contributed by atoms with E-state index in [1.807, 2.05) is 18.8 Å². The molecule has 0 saturated carbocycles. The predicted octanol–water partition coefficient (Wildman–Crippen LogP) is 3.43. The fourth-order valence-corrected chi connectivity index (χ4v) is 2.84. The summed E-state index contributed by atoms with van der Waals surface area (Å²) in [7, 11) is 4.00. The second-order valence-corrected chi connectivity index (χ2v) is 8.26. The lowest BCUT2D eigenvalue weighted by molar-refractivity contribution is 0.382. The lowest BCUT2D eigenvalue weighted by atomic mass is 9.94. The molecule has 0 radical (unpaired) electrons. The molecule has 0 aromatic carbocycles. The van der Waals surface area contributed by atoms with E-state index in [4.69, 9.17) is 9.41 Å². The molecule has 2 rings (SSSR count). The average molecular weight is 375 g/mol. The largest absolute Gasteiger partial charge is 0.443 e. The summed E-state index contributed by atoms with van der Waals surface area (Å²) in [4.78, 5) is 11.2. The van der Waals surface area contributed by atoms with E-state index in [0.717, 1.165) is 30.5 Å². The van der Waals surface area contributed by atoms with Crippen LogP contribution in [0.1, 0.15) is 70.4 Å². The first kappa shape index (κ1) is 21.0. The Hall–Kier alpha value is -2.31. The van der Waals surface area contributed by atoms with Gasteiger partial charge in [0.15, 0.2) is 5.96 Å². The number of aryl methyl sites for hydroxylation is 1. The third-order valence-electron chi connectivity index (χ3n) is 4.24. The first-order chi connectivity index (χ1) is 12.6. The summed E-state index contributed by atoms with van der Waals surface area (Å²) in [5, 5.41) is 7.94. The Morgan fingerprint density at radius 1 is 1.37 bits per heavy atom. The van der Waals surface area contributed by atoms with E-state index in [2.05, 4.69) is 68.0 Å². The van der Waals surface area contributed by atoms with Gasteiger partial charge in [-0.1, -0.05) is 34.6 Å². The van der Waals surface area contributed by atoms with Gasteiger partial charge < -0.3 is 14.6 Å². The highest BCUT2D eigenvalue weighted by molar-refractivity contribution is 5.79. The number of hydrogen-bond donors (Lipinski definition) is 1. The molecule has 7 heteroatoms. The number of rotatable bonds is 6. The van der Waals surface area contributed by atoms with Crippen molar-refractivity contribution in [2.24, 2.45) is 12.0 Å². The van der Waals surface area contributed by atoms with Gasteiger partial charge >= 0.3 is 0 Å². The van der Waals surface area contributed by atoms with Crippen LogP contribution in [-0.2, 0) is 25.6 Å². The zero-order valence-corrected chi connectivity index (χ0v) is 18.0. The monoisotopic (exact) mass is 374 g/mol. The smallest absolute Gasteiger partial charge is 0.216 e. The second-order valence-electron chi connectivity index (χ2n) is 8.26. The Kier molecular flexibility index (Phi) is 6.68. The Morgan fingerprint density at radius 3 is 2.63 bits per heavy atom. The van der Waals surface area contributed by atoms with Gasteiger partial charge in [0.1, 0.15) is 12.3 Å². The van der Waals surface area contributed by atoms with Crippen LogP contribution in [0.5, 0.6) is 0 Å². The van der Waals surface area contributed by atoms with Crippen molar-refractivity contribution < 1.29 is 4.42 Å². The maximum atomic E-state index is 5.85. The van der Waals surface area contributed by atoms with Gasteiger partial charge in [-0.25, -0.2) is 9.98 Å². The SMILES string of the molecule is CCNC(=NCc1ncc(C(C)(C)C)o1)N(C)Cc1cn(C)nc1C(C)C. The number of aliphatic imine (C=N–C) groups is 1. The summed E-state index contributed by atoms with van der Waals surface area (Å²) in [5.74, 6) is 2.72. The van der Waals surface area contributed by atoms with Crippen molar-refractivity contribution in [1.29, 1.82) is 0 Å². The highest BCUT2D eigenvalue weighted by Gasteiger charge is 2.19. The van der Waals surface area contributed by atoms with Gasteiger partial charge in [-0.15, -0.1) is 0 Å². The minimum atomic E-state index is -0.0518. The van der Waals surface area contributed by atoms with Gasteiger partial charge in [0, 0.05) is 44.4 Å². The van der Waals surface area contributed by atoms with Crippen molar-refractivity contribution >= 4 is 5.96 Å². The molecule has 0 spiro atoms. The van der Waals surface area contributed by atoms with Gasteiger partial charge in [-0.05, 0) is 12.8 Å². The topological polar surface area (TPSA) is 71.5 Å². The van der Waals surface area contributed by atoms with E-state index in [1.54, 1.807) is 6.20 Å². The van der Waals surface area contributed by atoms with E-state index in [-0.39, 0.29) is 5.41 Å². The summed E-state index contributed by atoms with van der Waals surface area (Å²) < 4.78 is 7.73. The van der Waals surface area contributed by atoms with E-state index >= 15 is 0 Å². The second kappa shape index (κ2) is 8.59. The highest BCUT2D eigenvalue weighted by Crippen LogP contribution is 2.23. The van der Waals surface area contributed by atoms with E-state index in [0.29, 0.717) is 18.4 Å². The maximum Gasteiger partial charge on any atom is 0.216 e. The Bertz CT molecular complexity index is 766. The Balaban J connectivity index is 2.13. The molecule has 0 saturated heterocycles. The first-order valence-corrected chi connectivity index (χ1v) is 9.58. The number of oxazole rings is 1. The van der Waals surface area contributed by atoms with E-state index in [1.165, 1.54) is 5.56 Å². The summed E-state index contributed by atoms with van der Waals surface area (Å²) >= 11 is 0. The third kappa shape index (κ3) is 5.58. The van der Waals surface area contributed by atoms with Crippen LogP contribution in [0.4, 0.5) is 0 Å². The standard InChI is InChI=1S/C20H34N6O/c1-9-21-19(23-11-17-22-10-16(27-17)20(4,5)6)25(7)12-15-13-26(8)24-18(15)14(2)3/h10,13-14H,9,11-12H2,1-8H3,(H,21,23). The van der Waals surface area contributed by atoms with Crippen LogP contribution in [0.2, 0.25) is 0 Å². The molecular weight excluding hydrogens is 340 g/mol. The van der Waals surface area contributed by atoms with Crippen LogP contribution in [0.25, 0.3) is 0 Å². The Morgan fingerprint density at radius 2 is 2.07 bits per heavy atom. The summed E-state index contributed by atoms with van der Waals surface area (Å²) in [6.45, 7) is 14.7. The van der Waals surface area contributed by atoms with Gasteiger partial charge in [0.25, 0.3) is 0 Å². The number of hydrogen-bond acceptors (Lipinski definition) is 4. The van der Waals surface area contributed by atoms with Crippen molar-refractivity contribution in [3.05, 3.63) is 35.3 Å². The molecule has 0 unspecified atom stereocenters. The third-order valence-corrected chi connectivity index (χ3v) is 4.24. The quantitative estimate of drug-likeness (QED) is 0.619. The summed E-state index contributed by atoms with van der Waals surface area (Å²) in [6.07, 6.45) is 3.88. The molecule has 7 nitrogen and oxygen atoms in total. The molecule has 2 aromatic rings. The number of nitrogens with zero attached hydrogens (tertiary/aromatic N) is 5. The molecule has 0 atom stereocenters. The molecule has 0 aliphatic carbocycles. The fraction of sp³-hybridized carbons (Fsp3) is 0.650. The van der Waals surface area contributed by atoms with Crippen molar-refractivity contribution in [2.45, 2.75) is 66.0 Å². The normalized spacial score (nSPS) is 12.7. The molecule has 2 aromatic heterocycles. The van der Waals surface area contributed by atoms with E-state index in [9.17, 15) is 0 Å². The van der Waals surface area contributed by atoms with Crippen LogP contribution in [0.15, 0.2) is 21.8 Å². The minimum absolute atomic E-state index is 0.0518. The van der Waals surface area contributed by atoms with Crippen molar-refractivity contribution in [1.82, 2.24) is 25.0 Å². The molecule has 2 heterocycles.